The van der Waals surface area contributed by atoms with Crippen LogP contribution in [0.25, 0.3) is 0 Å². The summed E-state index contributed by atoms with van der Waals surface area (Å²) in [5.74, 6) is 1.81. The first-order chi connectivity index (χ1) is 11.0. The largest absolute Gasteiger partial charge is 0.355 e. The molecule has 0 radical (unpaired) electrons. The van der Waals surface area contributed by atoms with Crippen molar-refractivity contribution in [3.63, 3.8) is 0 Å². The van der Waals surface area contributed by atoms with Gasteiger partial charge >= 0.3 is 0 Å². The van der Waals surface area contributed by atoms with Gasteiger partial charge in [0.25, 0.3) is 0 Å². The van der Waals surface area contributed by atoms with E-state index in [1.807, 2.05) is 7.05 Å². The number of rotatable bonds is 4. The molecule has 23 heavy (non-hydrogen) atoms. The predicted molar refractivity (Wildman–Crippen MR) is 98.1 cm³/mol. The third-order valence-electron chi connectivity index (χ3n) is 4.98. The first-order valence-corrected chi connectivity index (χ1v) is 9.06. The summed E-state index contributed by atoms with van der Waals surface area (Å²) in [6.07, 6.45) is 0. The molecule has 2 aliphatic heterocycles. The molecule has 0 aromatic heterocycles. The maximum Gasteiger partial charge on any atom is 0.193 e. The van der Waals surface area contributed by atoms with E-state index in [-0.39, 0.29) is 0 Å². The van der Waals surface area contributed by atoms with E-state index in [0.717, 1.165) is 57.7 Å². The monoisotopic (exact) mass is 324 g/mol. The van der Waals surface area contributed by atoms with E-state index in [1.165, 1.54) is 13.1 Å². The molecule has 6 nitrogen and oxygen atoms in total. The van der Waals surface area contributed by atoms with Crippen LogP contribution < -0.4 is 5.32 Å². The molecule has 2 heterocycles. The summed E-state index contributed by atoms with van der Waals surface area (Å²) in [7, 11) is 6.34. The first kappa shape index (κ1) is 18.5. The minimum absolute atomic E-state index is 0.563. The van der Waals surface area contributed by atoms with Crippen LogP contribution >= 0.6 is 0 Å². The van der Waals surface area contributed by atoms with Gasteiger partial charge in [-0.25, -0.2) is 0 Å². The van der Waals surface area contributed by atoms with E-state index in [9.17, 15) is 0 Å². The van der Waals surface area contributed by atoms with Gasteiger partial charge in [-0.15, -0.1) is 0 Å². The molecule has 0 spiro atoms. The van der Waals surface area contributed by atoms with Crippen LogP contribution in [0, 0.1) is 5.92 Å². The standard InChI is InChI=1S/C17H36N6/c1-15(2)13-22-8-10-23(11-9-22)17(18-3)19-12-16-14-20(4)6-7-21(16)5/h15-16H,6-14H2,1-5H3,(H,18,19). The summed E-state index contributed by atoms with van der Waals surface area (Å²) in [5, 5.41) is 3.60. The normalized spacial score (nSPS) is 26.1. The topological polar surface area (TPSA) is 37.4 Å². The van der Waals surface area contributed by atoms with Crippen molar-refractivity contribution >= 4 is 5.96 Å². The number of likely N-dealkylation sites (N-methyl/N-ethyl adjacent to an activating group) is 2. The lowest BCUT2D eigenvalue weighted by molar-refractivity contribution is 0.115. The smallest absolute Gasteiger partial charge is 0.193 e. The first-order valence-electron chi connectivity index (χ1n) is 9.06. The Morgan fingerprint density at radius 2 is 1.78 bits per heavy atom. The van der Waals surface area contributed by atoms with Crippen molar-refractivity contribution in [1.29, 1.82) is 0 Å². The Morgan fingerprint density at radius 3 is 2.39 bits per heavy atom. The maximum absolute atomic E-state index is 4.51. The van der Waals surface area contributed by atoms with Gasteiger partial charge in [0.1, 0.15) is 0 Å². The number of piperazine rings is 2. The van der Waals surface area contributed by atoms with Crippen LogP contribution in [0.5, 0.6) is 0 Å². The minimum Gasteiger partial charge on any atom is -0.355 e. The number of nitrogens with zero attached hydrogens (tertiary/aromatic N) is 5. The molecule has 1 atom stereocenters. The van der Waals surface area contributed by atoms with Crippen molar-refractivity contribution in [2.24, 2.45) is 10.9 Å². The molecule has 1 N–H and O–H groups in total. The second-order valence-corrected chi connectivity index (χ2v) is 7.51. The predicted octanol–water partition coefficient (Wildman–Crippen LogP) is 0.0812. The summed E-state index contributed by atoms with van der Waals surface area (Å²) in [6.45, 7) is 14.7. The van der Waals surface area contributed by atoms with Crippen LogP contribution in [0.1, 0.15) is 13.8 Å². The van der Waals surface area contributed by atoms with Crippen LogP contribution in [0.15, 0.2) is 4.99 Å². The Kier molecular flexibility index (Phi) is 7.11. The van der Waals surface area contributed by atoms with Crippen LogP contribution in [0.3, 0.4) is 0 Å². The maximum atomic E-state index is 4.51. The van der Waals surface area contributed by atoms with E-state index in [1.54, 1.807) is 0 Å². The molecular formula is C17H36N6. The van der Waals surface area contributed by atoms with E-state index in [4.69, 9.17) is 0 Å². The van der Waals surface area contributed by atoms with E-state index in [2.05, 4.69) is 57.9 Å². The molecule has 0 aromatic rings. The fourth-order valence-electron chi connectivity index (χ4n) is 3.52. The number of nitrogens with one attached hydrogen (secondary N) is 1. The summed E-state index contributed by atoms with van der Waals surface area (Å²) >= 11 is 0. The fraction of sp³-hybridized carbons (Fsp3) is 0.941. The van der Waals surface area contributed by atoms with Crippen LogP contribution in [-0.2, 0) is 0 Å². The number of hydrogen-bond donors (Lipinski definition) is 1. The molecule has 2 saturated heterocycles. The molecule has 0 amide bonds. The van der Waals surface area contributed by atoms with Gasteiger partial charge in [0, 0.05) is 72.0 Å². The van der Waals surface area contributed by atoms with Crippen molar-refractivity contribution in [2.45, 2.75) is 19.9 Å². The zero-order valence-corrected chi connectivity index (χ0v) is 15.8. The minimum atomic E-state index is 0.563. The SMILES string of the molecule is CN=C(NCC1CN(C)CCN1C)N1CCN(CC(C)C)CC1. The highest BCUT2D eigenvalue weighted by molar-refractivity contribution is 5.80. The summed E-state index contributed by atoms with van der Waals surface area (Å²) in [4.78, 5) is 14.4. The molecule has 0 aliphatic carbocycles. The summed E-state index contributed by atoms with van der Waals surface area (Å²) in [6, 6.07) is 0.563. The molecule has 2 rings (SSSR count). The quantitative estimate of drug-likeness (QED) is 0.586. The lowest BCUT2D eigenvalue weighted by Gasteiger charge is -2.40. The average molecular weight is 325 g/mol. The Hall–Kier alpha value is -0.850. The molecule has 0 aromatic carbocycles. The summed E-state index contributed by atoms with van der Waals surface area (Å²) < 4.78 is 0. The Morgan fingerprint density at radius 1 is 1.09 bits per heavy atom. The molecule has 6 heteroatoms. The van der Waals surface area contributed by atoms with Gasteiger partial charge in [0.05, 0.1) is 0 Å². The van der Waals surface area contributed by atoms with Crippen LogP contribution in [-0.4, -0.2) is 112 Å². The van der Waals surface area contributed by atoms with E-state index >= 15 is 0 Å². The van der Waals surface area contributed by atoms with Gasteiger partial charge in [0.15, 0.2) is 5.96 Å². The van der Waals surface area contributed by atoms with Gasteiger partial charge in [-0.05, 0) is 20.0 Å². The average Bonchev–Trinajstić information content (AvgIpc) is 2.52. The van der Waals surface area contributed by atoms with Crippen LogP contribution in [0.2, 0.25) is 0 Å². The zero-order chi connectivity index (χ0) is 16.8. The van der Waals surface area contributed by atoms with Gasteiger partial charge in [-0.1, -0.05) is 13.8 Å². The van der Waals surface area contributed by atoms with Crippen LogP contribution in [0.4, 0.5) is 0 Å². The molecule has 1 unspecified atom stereocenters. The molecular weight excluding hydrogens is 288 g/mol. The van der Waals surface area contributed by atoms with Gasteiger partial charge in [-0.3, -0.25) is 14.8 Å². The zero-order valence-electron chi connectivity index (χ0n) is 15.8. The van der Waals surface area contributed by atoms with Gasteiger partial charge < -0.3 is 15.1 Å². The third-order valence-corrected chi connectivity index (χ3v) is 4.98. The highest BCUT2D eigenvalue weighted by Gasteiger charge is 2.24. The van der Waals surface area contributed by atoms with Crippen molar-refractivity contribution in [3.8, 4) is 0 Å². The van der Waals surface area contributed by atoms with Gasteiger partial charge in [0.2, 0.25) is 0 Å². The fourth-order valence-corrected chi connectivity index (χ4v) is 3.52. The Balaban J connectivity index is 1.77. The number of hydrogen-bond acceptors (Lipinski definition) is 4. The van der Waals surface area contributed by atoms with Crippen molar-refractivity contribution in [2.75, 3.05) is 80.0 Å². The Bertz CT molecular complexity index is 375. The second-order valence-electron chi connectivity index (χ2n) is 7.51. The second kappa shape index (κ2) is 8.85. The van der Waals surface area contributed by atoms with E-state index in [0.29, 0.717) is 6.04 Å². The lowest BCUT2D eigenvalue weighted by Crippen LogP contribution is -2.57. The lowest BCUT2D eigenvalue weighted by atomic mass is 10.2. The third kappa shape index (κ3) is 5.62. The molecule has 2 aliphatic rings. The molecule has 134 valence electrons. The summed E-state index contributed by atoms with van der Waals surface area (Å²) in [5.41, 5.74) is 0. The van der Waals surface area contributed by atoms with Gasteiger partial charge in [-0.2, -0.15) is 0 Å². The van der Waals surface area contributed by atoms with E-state index < -0.39 is 0 Å². The van der Waals surface area contributed by atoms with Crippen molar-refractivity contribution in [3.05, 3.63) is 0 Å². The van der Waals surface area contributed by atoms with Crippen molar-refractivity contribution in [1.82, 2.24) is 24.9 Å². The molecule has 0 bridgehead atoms. The Labute approximate surface area is 142 Å². The number of guanidine groups is 1. The highest BCUT2D eigenvalue weighted by atomic mass is 15.4. The molecule has 0 saturated carbocycles. The van der Waals surface area contributed by atoms with Crippen molar-refractivity contribution < 1.29 is 0 Å². The number of aliphatic imine (C=N–C) groups is 1. The molecule has 2 fully saturated rings. The highest BCUT2D eigenvalue weighted by Crippen LogP contribution is 2.07.